The molecule has 1 heterocycles. The minimum atomic E-state index is -1.59. The van der Waals surface area contributed by atoms with E-state index in [2.05, 4.69) is 86.0 Å². The standard InChI is InChI=1S/C43H69NO8/c1-3-5-7-9-11-13-15-17-19-21-23-25-27-29-31-33-39(47)44-36(35-51-43-42(50)41(49)40(48)38(34-45)52-43)37(46)32-30-28-26-24-22-20-18-16-14-12-10-8-6-4-2/h5,7,11,13-14,16-17,19,22-25,29-32,36-38,40-43,45-46,48-50H,3-4,6,8-10,12,15,18,20-21,26-28,33-35H2,1-2H3,(H,44,47)/b7-5-,13-11-,16-14+,19-17-,24-22+,25-23-,31-29-,32-30+. The number of aliphatic hydroxyl groups excluding tert-OH is 5. The van der Waals surface area contributed by atoms with E-state index < -0.39 is 49.5 Å². The van der Waals surface area contributed by atoms with Crippen molar-refractivity contribution in [3.8, 4) is 0 Å². The van der Waals surface area contributed by atoms with E-state index in [1.807, 2.05) is 18.2 Å². The van der Waals surface area contributed by atoms with Gasteiger partial charge in [0.2, 0.25) is 5.91 Å². The average molecular weight is 728 g/mol. The normalized spacial score (nSPS) is 22.9. The maximum absolute atomic E-state index is 12.8. The van der Waals surface area contributed by atoms with Crippen molar-refractivity contribution < 1.29 is 39.8 Å². The molecule has 9 heteroatoms. The summed E-state index contributed by atoms with van der Waals surface area (Å²) in [5.41, 5.74) is 0. The van der Waals surface area contributed by atoms with Gasteiger partial charge in [-0.25, -0.2) is 0 Å². The summed E-state index contributed by atoms with van der Waals surface area (Å²) in [7, 11) is 0. The van der Waals surface area contributed by atoms with Gasteiger partial charge in [-0.05, 0) is 70.6 Å². The number of ether oxygens (including phenoxy) is 2. The fourth-order valence-electron chi connectivity index (χ4n) is 5.25. The zero-order valence-electron chi connectivity index (χ0n) is 31.8. The first-order chi connectivity index (χ1) is 25.3. The van der Waals surface area contributed by atoms with Crippen LogP contribution in [0.4, 0.5) is 0 Å². The zero-order valence-corrected chi connectivity index (χ0v) is 31.8. The van der Waals surface area contributed by atoms with Crippen molar-refractivity contribution >= 4 is 5.91 Å². The first-order valence-corrected chi connectivity index (χ1v) is 19.5. The van der Waals surface area contributed by atoms with Gasteiger partial charge in [-0.1, -0.05) is 130 Å². The molecule has 6 N–H and O–H groups in total. The van der Waals surface area contributed by atoms with Crippen LogP contribution in [0.25, 0.3) is 0 Å². The first-order valence-electron chi connectivity index (χ1n) is 19.5. The molecular weight excluding hydrogens is 658 g/mol. The lowest BCUT2D eigenvalue weighted by Crippen LogP contribution is -2.60. The number of nitrogens with one attached hydrogen (secondary N) is 1. The van der Waals surface area contributed by atoms with Gasteiger partial charge in [0.15, 0.2) is 6.29 Å². The Bertz CT molecular complexity index is 1120. The van der Waals surface area contributed by atoms with Gasteiger partial charge in [-0.15, -0.1) is 0 Å². The summed E-state index contributed by atoms with van der Waals surface area (Å²) < 4.78 is 11.1. The maximum Gasteiger partial charge on any atom is 0.224 e. The summed E-state index contributed by atoms with van der Waals surface area (Å²) >= 11 is 0. The van der Waals surface area contributed by atoms with Crippen LogP contribution in [-0.4, -0.2) is 87.5 Å². The predicted octanol–water partition coefficient (Wildman–Crippen LogP) is 6.99. The fraction of sp³-hybridized carbons (Fsp3) is 0.605. The zero-order chi connectivity index (χ0) is 38.1. The van der Waals surface area contributed by atoms with E-state index in [1.165, 1.54) is 25.7 Å². The molecule has 0 radical (unpaired) electrons. The number of hydrogen-bond acceptors (Lipinski definition) is 8. The lowest BCUT2D eigenvalue weighted by molar-refractivity contribution is -0.302. The number of carbonyl (C=O) groups excluding carboxylic acids is 1. The highest BCUT2D eigenvalue weighted by atomic mass is 16.7. The second-order valence-corrected chi connectivity index (χ2v) is 13.0. The lowest BCUT2D eigenvalue weighted by atomic mass is 9.99. The Kier molecular flexibility index (Phi) is 29.7. The van der Waals surface area contributed by atoms with Gasteiger partial charge >= 0.3 is 0 Å². The molecule has 52 heavy (non-hydrogen) atoms. The average Bonchev–Trinajstić information content (AvgIpc) is 3.14. The second-order valence-electron chi connectivity index (χ2n) is 13.0. The van der Waals surface area contributed by atoms with Gasteiger partial charge in [0.25, 0.3) is 0 Å². The molecule has 9 nitrogen and oxygen atoms in total. The summed E-state index contributed by atoms with van der Waals surface area (Å²) in [6.45, 7) is 3.50. The third-order valence-electron chi connectivity index (χ3n) is 8.40. The van der Waals surface area contributed by atoms with Crippen LogP contribution < -0.4 is 5.32 Å². The molecule has 1 aliphatic heterocycles. The Labute approximate surface area is 313 Å². The molecule has 1 aliphatic rings. The van der Waals surface area contributed by atoms with E-state index >= 15 is 0 Å². The van der Waals surface area contributed by atoms with Crippen molar-refractivity contribution in [2.75, 3.05) is 13.2 Å². The van der Waals surface area contributed by atoms with Crippen LogP contribution in [-0.2, 0) is 14.3 Å². The van der Waals surface area contributed by atoms with E-state index in [9.17, 15) is 30.3 Å². The monoisotopic (exact) mass is 728 g/mol. The molecule has 0 bridgehead atoms. The van der Waals surface area contributed by atoms with E-state index in [1.54, 1.807) is 12.2 Å². The Balaban J connectivity index is 2.58. The third kappa shape index (κ3) is 23.6. The summed E-state index contributed by atoms with van der Waals surface area (Å²) in [6, 6.07) is -0.886. The molecule has 0 aliphatic carbocycles. The number of rotatable bonds is 29. The minimum Gasteiger partial charge on any atom is -0.394 e. The molecule has 7 unspecified atom stereocenters. The Hall–Kier alpha value is -2.89. The number of aliphatic hydroxyl groups is 5. The molecule has 0 spiro atoms. The smallest absolute Gasteiger partial charge is 0.224 e. The maximum atomic E-state index is 12.8. The van der Waals surface area contributed by atoms with Crippen LogP contribution >= 0.6 is 0 Å². The summed E-state index contributed by atoms with van der Waals surface area (Å²) in [4.78, 5) is 12.8. The van der Waals surface area contributed by atoms with Gasteiger partial charge in [-0.2, -0.15) is 0 Å². The highest BCUT2D eigenvalue weighted by molar-refractivity contribution is 5.77. The molecular formula is C43H69NO8. The van der Waals surface area contributed by atoms with Crippen LogP contribution in [0.15, 0.2) is 97.2 Å². The van der Waals surface area contributed by atoms with E-state index in [4.69, 9.17) is 9.47 Å². The molecule has 294 valence electrons. The van der Waals surface area contributed by atoms with Gasteiger partial charge in [0.1, 0.15) is 24.4 Å². The van der Waals surface area contributed by atoms with Gasteiger partial charge in [-0.3, -0.25) is 4.79 Å². The molecule has 0 saturated carbocycles. The van der Waals surface area contributed by atoms with Crippen molar-refractivity contribution in [1.82, 2.24) is 5.32 Å². The number of carbonyl (C=O) groups is 1. The van der Waals surface area contributed by atoms with Crippen LogP contribution in [0.3, 0.4) is 0 Å². The van der Waals surface area contributed by atoms with Crippen LogP contribution in [0.2, 0.25) is 0 Å². The van der Waals surface area contributed by atoms with E-state index in [-0.39, 0.29) is 18.9 Å². The molecule has 7 atom stereocenters. The molecule has 1 amide bonds. The molecule has 1 rings (SSSR count). The topological polar surface area (TPSA) is 149 Å². The van der Waals surface area contributed by atoms with Crippen molar-refractivity contribution in [3.05, 3.63) is 97.2 Å². The molecule has 1 saturated heterocycles. The number of hydrogen-bond donors (Lipinski definition) is 6. The fourth-order valence-corrected chi connectivity index (χ4v) is 5.25. The Morgan fingerprint density at radius 2 is 1.21 bits per heavy atom. The van der Waals surface area contributed by atoms with Crippen molar-refractivity contribution in [2.45, 2.75) is 153 Å². The number of amides is 1. The highest BCUT2D eigenvalue weighted by Gasteiger charge is 2.44. The van der Waals surface area contributed by atoms with Crippen molar-refractivity contribution in [3.63, 3.8) is 0 Å². The minimum absolute atomic E-state index is 0.0966. The highest BCUT2D eigenvalue weighted by Crippen LogP contribution is 2.22. The van der Waals surface area contributed by atoms with Crippen LogP contribution in [0.5, 0.6) is 0 Å². The summed E-state index contributed by atoms with van der Waals surface area (Å²) in [6.07, 6.45) is 39.0. The van der Waals surface area contributed by atoms with Gasteiger partial charge < -0.3 is 40.3 Å². The molecule has 1 fully saturated rings. The molecule has 0 aromatic heterocycles. The second kappa shape index (κ2) is 32.7. The molecule has 0 aromatic rings. The molecule has 0 aromatic carbocycles. The summed E-state index contributed by atoms with van der Waals surface area (Å²) in [5.74, 6) is -0.325. The summed E-state index contributed by atoms with van der Waals surface area (Å²) in [5, 5.41) is 53.8. The van der Waals surface area contributed by atoms with Crippen molar-refractivity contribution in [1.29, 1.82) is 0 Å². The van der Waals surface area contributed by atoms with E-state index in [0.717, 1.165) is 51.4 Å². The number of unbranched alkanes of at least 4 members (excludes halogenated alkanes) is 6. The quantitative estimate of drug-likeness (QED) is 0.0357. The van der Waals surface area contributed by atoms with Crippen LogP contribution in [0.1, 0.15) is 110 Å². The van der Waals surface area contributed by atoms with Crippen molar-refractivity contribution in [2.24, 2.45) is 0 Å². The van der Waals surface area contributed by atoms with Gasteiger partial charge in [0.05, 0.1) is 25.4 Å². The lowest BCUT2D eigenvalue weighted by Gasteiger charge is -2.40. The van der Waals surface area contributed by atoms with Crippen LogP contribution in [0, 0.1) is 0 Å². The SMILES string of the molecule is CC/C=C\C/C=C\C/C=C\C/C=C\C/C=C\CC(=O)NC(COC1OC(CO)C(O)C(O)C1O)C(O)/C=C/CC/C=C/CC/C=C/CCCCCC. The van der Waals surface area contributed by atoms with Gasteiger partial charge in [0, 0.05) is 6.42 Å². The van der Waals surface area contributed by atoms with E-state index in [0.29, 0.717) is 12.8 Å². The Morgan fingerprint density at radius 3 is 1.77 bits per heavy atom. The first kappa shape index (κ1) is 47.1. The third-order valence-corrected chi connectivity index (χ3v) is 8.40. The number of allylic oxidation sites excluding steroid dienone is 14. The predicted molar refractivity (Wildman–Crippen MR) is 211 cm³/mol. The largest absolute Gasteiger partial charge is 0.394 e. The Morgan fingerprint density at radius 1 is 0.673 bits per heavy atom.